The Morgan fingerprint density at radius 1 is 1.31 bits per heavy atom. The first-order valence-corrected chi connectivity index (χ1v) is 5.35. The number of aromatic nitrogens is 2. The first-order chi connectivity index (χ1) is 7.77. The maximum atomic E-state index is 4.11. The summed E-state index contributed by atoms with van der Waals surface area (Å²) < 4.78 is 0. The normalized spacial score (nSPS) is 10.1. The summed E-state index contributed by atoms with van der Waals surface area (Å²) in [5.74, 6) is 0.843. The molecule has 1 aromatic heterocycles. The molecule has 1 heterocycles. The molecule has 0 aliphatic heterocycles. The van der Waals surface area contributed by atoms with Crippen LogP contribution in [0.5, 0.6) is 0 Å². The molecule has 82 valence electrons. The van der Waals surface area contributed by atoms with Gasteiger partial charge in [0, 0.05) is 17.3 Å². The number of nitrogens with zero attached hydrogens (tertiary/aromatic N) is 2. The first kappa shape index (κ1) is 10.6. The van der Waals surface area contributed by atoms with Crippen LogP contribution in [0.2, 0.25) is 0 Å². The minimum atomic E-state index is 0.783. The summed E-state index contributed by atoms with van der Waals surface area (Å²) in [7, 11) is 0. The number of fused-ring (bicyclic) bond motifs is 1. The van der Waals surface area contributed by atoms with Gasteiger partial charge in [-0.25, -0.2) is 0 Å². The summed E-state index contributed by atoms with van der Waals surface area (Å²) in [6, 6.07) is 8.10. The average molecular weight is 213 g/mol. The number of hydrogen-bond donors (Lipinski definition) is 1. The first-order valence-electron chi connectivity index (χ1n) is 5.35. The van der Waals surface area contributed by atoms with Crippen molar-refractivity contribution in [1.29, 1.82) is 0 Å². The van der Waals surface area contributed by atoms with Gasteiger partial charge in [0.05, 0.1) is 6.20 Å². The fourth-order valence-corrected chi connectivity index (χ4v) is 1.51. The van der Waals surface area contributed by atoms with Crippen molar-refractivity contribution < 1.29 is 0 Å². The van der Waals surface area contributed by atoms with Crippen LogP contribution in [0.4, 0.5) is 5.82 Å². The Balaban J connectivity index is 2.27. The Hall–Kier alpha value is -1.90. The Morgan fingerprint density at radius 2 is 2.12 bits per heavy atom. The van der Waals surface area contributed by atoms with E-state index in [2.05, 4.69) is 41.5 Å². The molecule has 0 fully saturated rings. The molecule has 3 nitrogen and oxygen atoms in total. The zero-order valence-electron chi connectivity index (χ0n) is 9.57. The zero-order chi connectivity index (χ0) is 11.4. The monoisotopic (exact) mass is 213 g/mol. The van der Waals surface area contributed by atoms with Crippen LogP contribution in [0.15, 0.2) is 42.1 Å². The molecule has 16 heavy (non-hydrogen) atoms. The van der Waals surface area contributed by atoms with E-state index in [1.54, 1.807) is 6.20 Å². The fraction of sp³-hybridized carbons (Fsp3) is 0.231. The van der Waals surface area contributed by atoms with Crippen molar-refractivity contribution in [2.24, 2.45) is 0 Å². The maximum Gasteiger partial charge on any atom is 0.156 e. The maximum absolute atomic E-state index is 4.11. The highest BCUT2D eigenvalue weighted by atomic mass is 15.2. The van der Waals surface area contributed by atoms with Crippen molar-refractivity contribution in [3.63, 3.8) is 0 Å². The molecule has 0 radical (unpaired) electrons. The van der Waals surface area contributed by atoms with E-state index < -0.39 is 0 Å². The van der Waals surface area contributed by atoms with Crippen LogP contribution in [0.3, 0.4) is 0 Å². The molecule has 0 saturated heterocycles. The smallest absolute Gasteiger partial charge is 0.156 e. The lowest BCUT2D eigenvalue weighted by molar-refractivity contribution is 1.04. The number of hydrogen-bond acceptors (Lipinski definition) is 3. The van der Waals surface area contributed by atoms with Gasteiger partial charge in [0.15, 0.2) is 5.82 Å². The number of benzene rings is 1. The topological polar surface area (TPSA) is 37.8 Å². The van der Waals surface area contributed by atoms with E-state index in [9.17, 15) is 0 Å². The summed E-state index contributed by atoms with van der Waals surface area (Å²) >= 11 is 0. The molecular formula is C13H15N3. The predicted molar refractivity (Wildman–Crippen MR) is 67.5 cm³/mol. The quantitative estimate of drug-likeness (QED) is 0.796. The van der Waals surface area contributed by atoms with Gasteiger partial charge in [-0.3, -0.25) is 0 Å². The predicted octanol–water partition coefficient (Wildman–Crippen LogP) is 3.01. The molecule has 1 aromatic carbocycles. The lowest BCUT2D eigenvalue weighted by Crippen LogP contribution is -2.02. The van der Waals surface area contributed by atoms with Crippen LogP contribution in [-0.2, 0) is 0 Å². The van der Waals surface area contributed by atoms with E-state index in [0.29, 0.717) is 0 Å². The van der Waals surface area contributed by atoms with E-state index in [0.717, 1.165) is 23.1 Å². The molecule has 0 unspecified atom stereocenters. The Morgan fingerprint density at radius 3 is 2.94 bits per heavy atom. The van der Waals surface area contributed by atoms with Gasteiger partial charge in [-0.05, 0) is 13.8 Å². The molecule has 1 N–H and O–H groups in total. The molecule has 0 aliphatic rings. The third kappa shape index (κ3) is 2.37. The van der Waals surface area contributed by atoms with E-state index >= 15 is 0 Å². The van der Waals surface area contributed by atoms with Gasteiger partial charge in [0.2, 0.25) is 0 Å². The van der Waals surface area contributed by atoms with E-state index in [-0.39, 0.29) is 0 Å². The number of nitrogens with one attached hydrogen (secondary N) is 1. The number of allylic oxidation sites excluding steroid dienone is 1. The van der Waals surface area contributed by atoms with Gasteiger partial charge in [0.25, 0.3) is 0 Å². The van der Waals surface area contributed by atoms with Gasteiger partial charge in [-0.15, -0.1) is 5.10 Å². The minimum Gasteiger partial charge on any atom is -0.365 e. The van der Waals surface area contributed by atoms with Gasteiger partial charge in [-0.1, -0.05) is 35.9 Å². The van der Waals surface area contributed by atoms with Crippen molar-refractivity contribution in [2.75, 3.05) is 11.9 Å². The molecule has 0 saturated carbocycles. The Bertz CT molecular complexity index is 508. The molecule has 0 atom stereocenters. The number of anilines is 1. The van der Waals surface area contributed by atoms with Crippen LogP contribution in [-0.4, -0.2) is 16.7 Å². The summed E-state index contributed by atoms with van der Waals surface area (Å²) in [4.78, 5) is 0. The molecule has 2 aromatic rings. The Kier molecular flexibility index (Phi) is 3.15. The molecule has 2 rings (SSSR count). The van der Waals surface area contributed by atoms with Crippen molar-refractivity contribution >= 4 is 16.6 Å². The molecule has 0 amide bonds. The van der Waals surface area contributed by atoms with Gasteiger partial charge in [0.1, 0.15) is 0 Å². The SMILES string of the molecule is CC(C)=CCNc1nncc2ccccc12. The molecular weight excluding hydrogens is 198 g/mol. The second kappa shape index (κ2) is 4.75. The standard InChI is InChI=1S/C13H15N3/c1-10(2)7-8-14-13-12-6-4-3-5-11(12)9-15-16-13/h3-7,9H,8H2,1-2H3,(H,14,16). The lowest BCUT2D eigenvalue weighted by atomic mass is 10.2. The van der Waals surface area contributed by atoms with Crippen molar-refractivity contribution in [3.8, 4) is 0 Å². The second-order valence-corrected chi connectivity index (χ2v) is 3.94. The largest absolute Gasteiger partial charge is 0.365 e. The highest BCUT2D eigenvalue weighted by molar-refractivity contribution is 5.90. The second-order valence-electron chi connectivity index (χ2n) is 3.94. The van der Waals surface area contributed by atoms with Crippen molar-refractivity contribution in [2.45, 2.75) is 13.8 Å². The van der Waals surface area contributed by atoms with Gasteiger partial charge in [-0.2, -0.15) is 5.10 Å². The summed E-state index contributed by atoms with van der Waals surface area (Å²) in [5, 5.41) is 13.6. The molecule has 3 heteroatoms. The van der Waals surface area contributed by atoms with Crippen LogP contribution >= 0.6 is 0 Å². The fourth-order valence-electron chi connectivity index (χ4n) is 1.51. The third-order valence-electron chi connectivity index (χ3n) is 2.35. The average Bonchev–Trinajstić information content (AvgIpc) is 2.29. The number of rotatable bonds is 3. The Labute approximate surface area is 95.2 Å². The minimum absolute atomic E-state index is 0.783. The highest BCUT2D eigenvalue weighted by Gasteiger charge is 2.00. The molecule has 0 aliphatic carbocycles. The van der Waals surface area contributed by atoms with E-state index in [4.69, 9.17) is 0 Å². The van der Waals surface area contributed by atoms with Gasteiger partial charge >= 0.3 is 0 Å². The van der Waals surface area contributed by atoms with Crippen molar-refractivity contribution in [3.05, 3.63) is 42.1 Å². The molecule has 0 spiro atoms. The van der Waals surface area contributed by atoms with Crippen LogP contribution in [0.1, 0.15) is 13.8 Å². The molecule has 0 bridgehead atoms. The van der Waals surface area contributed by atoms with E-state index in [1.807, 2.05) is 18.2 Å². The summed E-state index contributed by atoms with van der Waals surface area (Å²) in [6.45, 7) is 4.94. The van der Waals surface area contributed by atoms with Crippen LogP contribution < -0.4 is 5.32 Å². The van der Waals surface area contributed by atoms with Crippen LogP contribution in [0.25, 0.3) is 10.8 Å². The zero-order valence-corrected chi connectivity index (χ0v) is 9.57. The van der Waals surface area contributed by atoms with Crippen molar-refractivity contribution in [1.82, 2.24) is 10.2 Å². The van der Waals surface area contributed by atoms with Gasteiger partial charge < -0.3 is 5.32 Å². The van der Waals surface area contributed by atoms with E-state index in [1.165, 1.54) is 5.57 Å². The summed E-state index contributed by atoms with van der Waals surface area (Å²) in [5.41, 5.74) is 1.29. The third-order valence-corrected chi connectivity index (χ3v) is 2.35. The summed E-state index contributed by atoms with van der Waals surface area (Å²) in [6.07, 6.45) is 3.91. The lowest BCUT2D eigenvalue weighted by Gasteiger charge is -2.05. The highest BCUT2D eigenvalue weighted by Crippen LogP contribution is 2.18. The van der Waals surface area contributed by atoms with Crippen LogP contribution in [0, 0.1) is 0 Å².